The summed E-state index contributed by atoms with van der Waals surface area (Å²) in [5, 5.41) is 5.04. The second-order valence-electron chi connectivity index (χ2n) is 5.26. The van der Waals surface area contributed by atoms with Gasteiger partial charge in [-0.25, -0.2) is 4.39 Å². The first-order valence-corrected chi connectivity index (χ1v) is 7.44. The first-order valence-electron chi connectivity index (χ1n) is 7.44. The van der Waals surface area contributed by atoms with Crippen LogP contribution in [-0.2, 0) is 14.3 Å². The van der Waals surface area contributed by atoms with Crippen LogP contribution in [0.25, 0.3) is 0 Å². The Kier molecular flexibility index (Phi) is 6.03. The summed E-state index contributed by atoms with van der Waals surface area (Å²) in [5.74, 6) is -1.94. The third-order valence-corrected chi connectivity index (χ3v) is 3.55. The molecule has 1 unspecified atom stereocenters. The minimum Gasteiger partial charge on any atom is -0.375 e. The van der Waals surface area contributed by atoms with Gasteiger partial charge in [0.1, 0.15) is 5.82 Å². The van der Waals surface area contributed by atoms with E-state index in [4.69, 9.17) is 4.74 Å². The maximum absolute atomic E-state index is 13.3. The molecule has 2 amide bonds. The second-order valence-corrected chi connectivity index (χ2v) is 5.26. The Labute approximate surface area is 139 Å². The van der Waals surface area contributed by atoms with E-state index >= 15 is 0 Å². The van der Waals surface area contributed by atoms with Crippen LogP contribution in [0, 0.1) is 12.7 Å². The topological polar surface area (TPSA) is 67.4 Å². The third kappa shape index (κ3) is 4.63. The van der Waals surface area contributed by atoms with E-state index in [0.29, 0.717) is 11.3 Å². The molecule has 0 aliphatic carbocycles. The fourth-order valence-electron chi connectivity index (χ4n) is 2.20. The molecular weight excluding hydrogens is 311 g/mol. The molecule has 1 atom stereocenters. The molecule has 0 bridgehead atoms. The molecule has 0 saturated carbocycles. The molecule has 2 N–H and O–H groups in total. The Morgan fingerprint density at radius 1 is 1.12 bits per heavy atom. The number of methoxy groups -OCH3 is 1. The standard InChI is InChI=1S/C18H19FN2O3/c1-12-6-3-4-9-15(12)21-18(23)17(22)20-11-16(24-2)13-7-5-8-14(19)10-13/h3-10,16H,11H2,1-2H3,(H,20,22)(H,21,23). The van der Waals surface area contributed by atoms with E-state index in [1.165, 1.54) is 19.2 Å². The summed E-state index contributed by atoms with van der Waals surface area (Å²) in [5.41, 5.74) is 2.01. The Balaban J connectivity index is 1.94. The Hall–Kier alpha value is -2.73. The van der Waals surface area contributed by atoms with E-state index in [1.54, 1.807) is 24.3 Å². The van der Waals surface area contributed by atoms with Gasteiger partial charge >= 0.3 is 11.8 Å². The summed E-state index contributed by atoms with van der Waals surface area (Å²) in [7, 11) is 1.45. The Morgan fingerprint density at radius 2 is 1.88 bits per heavy atom. The van der Waals surface area contributed by atoms with Gasteiger partial charge in [-0.3, -0.25) is 9.59 Å². The van der Waals surface area contributed by atoms with Gasteiger partial charge in [-0.05, 0) is 36.2 Å². The number of anilines is 1. The predicted octanol–water partition coefficient (Wildman–Crippen LogP) is 2.58. The number of hydrogen-bond acceptors (Lipinski definition) is 3. The first-order chi connectivity index (χ1) is 11.5. The molecule has 2 aromatic rings. The van der Waals surface area contributed by atoms with Crippen LogP contribution in [0.4, 0.5) is 10.1 Å². The van der Waals surface area contributed by atoms with Crippen LogP contribution in [0.3, 0.4) is 0 Å². The summed E-state index contributed by atoms with van der Waals surface area (Å²) in [4.78, 5) is 23.9. The summed E-state index contributed by atoms with van der Waals surface area (Å²) in [6, 6.07) is 13.1. The van der Waals surface area contributed by atoms with Crippen LogP contribution in [0.1, 0.15) is 17.2 Å². The predicted molar refractivity (Wildman–Crippen MR) is 89.0 cm³/mol. The quantitative estimate of drug-likeness (QED) is 0.828. The van der Waals surface area contributed by atoms with Gasteiger partial charge < -0.3 is 15.4 Å². The molecule has 0 aliphatic rings. The zero-order valence-electron chi connectivity index (χ0n) is 13.5. The lowest BCUT2D eigenvalue weighted by molar-refractivity contribution is -0.136. The van der Waals surface area contributed by atoms with Crippen LogP contribution in [-0.4, -0.2) is 25.5 Å². The Morgan fingerprint density at radius 3 is 2.54 bits per heavy atom. The van der Waals surface area contributed by atoms with Crippen LogP contribution in [0.15, 0.2) is 48.5 Å². The molecule has 0 aliphatic heterocycles. The van der Waals surface area contributed by atoms with Crippen molar-refractivity contribution < 1.29 is 18.7 Å². The van der Waals surface area contributed by atoms with Gasteiger partial charge in [-0.15, -0.1) is 0 Å². The lowest BCUT2D eigenvalue weighted by atomic mass is 10.1. The first kappa shape index (κ1) is 17.6. The maximum Gasteiger partial charge on any atom is 0.313 e. The monoisotopic (exact) mass is 330 g/mol. The SMILES string of the molecule is COC(CNC(=O)C(=O)Nc1ccccc1C)c1cccc(F)c1. The van der Waals surface area contributed by atoms with Crippen molar-refractivity contribution in [3.63, 3.8) is 0 Å². The molecule has 0 radical (unpaired) electrons. The lowest BCUT2D eigenvalue weighted by Crippen LogP contribution is -2.38. The number of amides is 2. The van der Waals surface area contributed by atoms with Gasteiger partial charge in [0.15, 0.2) is 0 Å². The number of aryl methyl sites for hydroxylation is 1. The molecular formula is C18H19FN2O3. The third-order valence-electron chi connectivity index (χ3n) is 3.55. The zero-order chi connectivity index (χ0) is 17.5. The van der Waals surface area contributed by atoms with Crippen LogP contribution < -0.4 is 10.6 Å². The maximum atomic E-state index is 13.3. The summed E-state index contributed by atoms with van der Waals surface area (Å²) < 4.78 is 18.5. The van der Waals surface area contributed by atoms with E-state index in [0.717, 1.165) is 5.56 Å². The molecule has 126 valence electrons. The summed E-state index contributed by atoms with van der Waals surface area (Å²) in [6.07, 6.45) is -0.545. The van der Waals surface area contributed by atoms with Gasteiger partial charge in [0.05, 0.1) is 6.10 Å². The minimum absolute atomic E-state index is 0.0555. The van der Waals surface area contributed by atoms with Crippen molar-refractivity contribution in [2.24, 2.45) is 0 Å². The molecule has 0 spiro atoms. The fraction of sp³-hybridized carbons (Fsp3) is 0.222. The van der Waals surface area contributed by atoms with Crippen molar-refractivity contribution in [3.05, 3.63) is 65.5 Å². The number of para-hydroxylation sites is 1. The van der Waals surface area contributed by atoms with E-state index < -0.39 is 23.7 Å². The smallest absolute Gasteiger partial charge is 0.313 e. The van der Waals surface area contributed by atoms with Gasteiger partial charge in [0.2, 0.25) is 0 Å². The summed E-state index contributed by atoms with van der Waals surface area (Å²) in [6.45, 7) is 1.89. The molecule has 0 heterocycles. The number of hydrogen-bond donors (Lipinski definition) is 2. The lowest BCUT2D eigenvalue weighted by Gasteiger charge is -2.16. The second kappa shape index (κ2) is 8.21. The van der Waals surface area contributed by atoms with E-state index in [9.17, 15) is 14.0 Å². The van der Waals surface area contributed by atoms with Crippen LogP contribution in [0.2, 0.25) is 0 Å². The number of ether oxygens (including phenoxy) is 1. The minimum atomic E-state index is -0.781. The van der Waals surface area contributed by atoms with Crippen LogP contribution >= 0.6 is 0 Å². The number of carbonyl (C=O) groups excluding carboxylic acids is 2. The van der Waals surface area contributed by atoms with E-state index in [2.05, 4.69) is 10.6 Å². The van der Waals surface area contributed by atoms with E-state index in [1.807, 2.05) is 19.1 Å². The zero-order valence-corrected chi connectivity index (χ0v) is 13.5. The van der Waals surface area contributed by atoms with Crippen molar-refractivity contribution >= 4 is 17.5 Å². The highest BCUT2D eigenvalue weighted by molar-refractivity contribution is 6.39. The van der Waals surface area contributed by atoms with Crippen LogP contribution in [0.5, 0.6) is 0 Å². The molecule has 0 saturated heterocycles. The molecule has 0 aromatic heterocycles. The highest BCUT2D eigenvalue weighted by Gasteiger charge is 2.18. The molecule has 2 aromatic carbocycles. The van der Waals surface area contributed by atoms with Gasteiger partial charge in [0, 0.05) is 19.3 Å². The number of halogens is 1. The summed E-state index contributed by atoms with van der Waals surface area (Å²) >= 11 is 0. The number of carbonyl (C=O) groups is 2. The molecule has 6 heteroatoms. The highest BCUT2D eigenvalue weighted by Crippen LogP contribution is 2.17. The highest BCUT2D eigenvalue weighted by atomic mass is 19.1. The normalized spacial score (nSPS) is 11.6. The number of benzene rings is 2. The molecule has 5 nitrogen and oxygen atoms in total. The van der Waals surface area contributed by atoms with E-state index in [-0.39, 0.29) is 6.54 Å². The van der Waals surface area contributed by atoms with Crippen molar-refractivity contribution in [3.8, 4) is 0 Å². The number of rotatable bonds is 5. The largest absolute Gasteiger partial charge is 0.375 e. The van der Waals surface area contributed by atoms with Crippen molar-refractivity contribution in [2.75, 3.05) is 19.0 Å². The Bertz CT molecular complexity index is 734. The molecule has 0 fully saturated rings. The number of nitrogens with one attached hydrogen (secondary N) is 2. The average molecular weight is 330 g/mol. The van der Waals surface area contributed by atoms with Crippen molar-refractivity contribution in [2.45, 2.75) is 13.0 Å². The van der Waals surface area contributed by atoms with Crippen molar-refractivity contribution in [1.82, 2.24) is 5.32 Å². The van der Waals surface area contributed by atoms with Gasteiger partial charge in [0.25, 0.3) is 0 Å². The average Bonchev–Trinajstić information content (AvgIpc) is 2.57. The molecule has 24 heavy (non-hydrogen) atoms. The van der Waals surface area contributed by atoms with Crippen molar-refractivity contribution in [1.29, 1.82) is 0 Å². The van der Waals surface area contributed by atoms with Gasteiger partial charge in [-0.1, -0.05) is 30.3 Å². The van der Waals surface area contributed by atoms with Gasteiger partial charge in [-0.2, -0.15) is 0 Å². The molecule has 2 rings (SSSR count). The fourth-order valence-corrected chi connectivity index (χ4v) is 2.20.